The Labute approximate surface area is 88.6 Å². The largest absolute Gasteiger partial charge is 0.367 e. The molecule has 0 bridgehead atoms. The fourth-order valence-electron chi connectivity index (χ4n) is 1.50. The van der Waals surface area contributed by atoms with E-state index in [0.717, 1.165) is 6.61 Å². The Morgan fingerprint density at radius 3 is 2.33 bits per heavy atom. The van der Waals surface area contributed by atoms with E-state index < -0.39 is 0 Å². The van der Waals surface area contributed by atoms with Crippen molar-refractivity contribution in [1.82, 2.24) is 0 Å². The molecule has 0 N–H and O–H groups in total. The van der Waals surface area contributed by atoms with Crippen molar-refractivity contribution in [3.63, 3.8) is 0 Å². The summed E-state index contributed by atoms with van der Waals surface area (Å²) in [6.07, 6.45) is 0. The second-order valence-electron chi connectivity index (χ2n) is 4.62. The molecule has 12 heavy (non-hydrogen) atoms. The molecule has 0 aromatic carbocycles. The zero-order valence-electron chi connectivity index (χ0n) is 8.86. The quantitative estimate of drug-likeness (QED) is 0.548. The highest BCUT2D eigenvalue weighted by atomic mass is 79.9. The van der Waals surface area contributed by atoms with Crippen LogP contribution in [-0.4, -0.2) is 29.0 Å². The van der Waals surface area contributed by atoms with Crippen molar-refractivity contribution in [3.05, 3.63) is 0 Å². The summed E-state index contributed by atoms with van der Waals surface area (Å²) in [6.45, 7) is 12.6. The fourth-order valence-corrected chi connectivity index (χ4v) is 11.1. The van der Waals surface area contributed by atoms with Gasteiger partial charge in [-0.3, -0.25) is 0 Å². The van der Waals surface area contributed by atoms with Crippen LogP contribution in [0.15, 0.2) is 0 Å². The molecule has 1 unspecified atom stereocenters. The molecule has 0 aromatic rings. The maximum atomic E-state index is 5.58. The van der Waals surface area contributed by atoms with Crippen molar-refractivity contribution in [3.8, 4) is 0 Å². The molecule has 1 atom stereocenters. The number of halogens is 1. The van der Waals surface area contributed by atoms with Crippen LogP contribution in [0.1, 0.15) is 20.8 Å². The summed E-state index contributed by atoms with van der Waals surface area (Å²) in [5, 5.41) is 0.710. The smallest absolute Gasteiger partial charge is 0.109 e. The first-order valence-electron chi connectivity index (χ1n) is 4.59. The van der Waals surface area contributed by atoms with Crippen LogP contribution in [0.3, 0.4) is 0 Å². The van der Waals surface area contributed by atoms with Crippen LogP contribution in [0.2, 0.25) is 18.1 Å². The van der Waals surface area contributed by atoms with Gasteiger partial charge in [0.2, 0.25) is 0 Å². The van der Waals surface area contributed by atoms with E-state index in [-0.39, 0.29) is 22.4 Å². The molecule has 0 rings (SSSR count). The van der Waals surface area contributed by atoms with Crippen molar-refractivity contribution >= 4 is 33.3 Å². The lowest BCUT2D eigenvalue weighted by atomic mass is 10.2. The van der Waals surface area contributed by atoms with E-state index >= 15 is 0 Å². The molecule has 0 spiro atoms. The highest BCUT2D eigenvalue weighted by molar-refractivity contribution is 9.09. The second kappa shape index (κ2) is 5.57. The maximum absolute atomic E-state index is 5.58. The van der Waals surface area contributed by atoms with Crippen LogP contribution in [0.4, 0.5) is 0 Å². The predicted molar refractivity (Wildman–Crippen MR) is 65.8 cm³/mol. The molecule has 0 saturated heterocycles. The molecule has 0 saturated carbocycles. The molecule has 0 fully saturated rings. The van der Waals surface area contributed by atoms with E-state index in [1.807, 2.05) is 6.92 Å². The Balaban J connectivity index is 3.71. The normalized spacial score (nSPS) is 16.2. The lowest BCUT2D eigenvalue weighted by Crippen LogP contribution is -2.29. The first-order chi connectivity index (χ1) is 5.33. The maximum Gasteiger partial charge on any atom is 0.109 e. The Morgan fingerprint density at radius 2 is 2.00 bits per heavy atom. The standard InChI is InChI=1S/C8H21BrOSi2/c1-7(9)10-6-8(2,3)11-12(4)5/h7,12H,6,11H2,1-5H3. The minimum atomic E-state index is -0.315. The topological polar surface area (TPSA) is 9.23 Å². The van der Waals surface area contributed by atoms with E-state index in [0.29, 0.717) is 5.04 Å². The summed E-state index contributed by atoms with van der Waals surface area (Å²) < 4.78 is 5.58. The van der Waals surface area contributed by atoms with Gasteiger partial charge in [-0.2, -0.15) is 0 Å². The van der Waals surface area contributed by atoms with Crippen molar-refractivity contribution in [2.24, 2.45) is 0 Å². The van der Waals surface area contributed by atoms with Crippen LogP contribution in [0, 0.1) is 0 Å². The van der Waals surface area contributed by atoms with Gasteiger partial charge >= 0.3 is 0 Å². The van der Waals surface area contributed by atoms with Gasteiger partial charge in [0.15, 0.2) is 0 Å². The Kier molecular flexibility index (Phi) is 5.98. The zero-order chi connectivity index (χ0) is 9.78. The molecule has 0 aromatic heterocycles. The van der Waals surface area contributed by atoms with Crippen LogP contribution < -0.4 is 0 Å². The van der Waals surface area contributed by atoms with Gasteiger partial charge in [0.05, 0.1) is 0 Å². The molecule has 74 valence electrons. The van der Waals surface area contributed by atoms with Crippen molar-refractivity contribution in [2.75, 3.05) is 6.61 Å². The van der Waals surface area contributed by atoms with Gasteiger partial charge in [-0.25, -0.2) is 0 Å². The van der Waals surface area contributed by atoms with Crippen LogP contribution in [0.25, 0.3) is 0 Å². The van der Waals surface area contributed by atoms with Crippen molar-refractivity contribution < 1.29 is 4.74 Å². The SMILES string of the molecule is CC(Br)OCC(C)(C)[SiH2][SiH](C)C. The summed E-state index contributed by atoms with van der Waals surface area (Å²) in [4.78, 5) is 0. The van der Waals surface area contributed by atoms with E-state index in [1.54, 1.807) is 0 Å². The molecular formula is C8H21BrOSi2. The number of hydrogen-bond donors (Lipinski definition) is 0. The van der Waals surface area contributed by atoms with E-state index in [2.05, 4.69) is 42.9 Å². The van der Waals surface area contributed by atoms with Crippen LogP contribution in [-0.2, 0) is 4.74 Å². The van der Waals surface area contributed by atoms with E-state index in [4.69, 9.17) is 4.74 Å². The highest BCUT2D eigenvalue weighted by Crippen LogP contribution is 2.24. The first-order valence-corrected chi connectivity index (χ1v) is 11.8. The third-order valence-electron chi connectivity index (χ3n) is 1.66. The summed E-state index contributed by atoms with van der Waals surface area (Å²) in [7, 11) is -0.191. The highest BCUT2D eigenvalue weighted by Gasteiger charge is 2.21. The minimum absolute atomic E-state index is 0.124. The molecule has 1 nitrogen and oxygen atoms in total. The molecule has 4 heteroatoms. The lowest BCUT2D eigenvalue weighted by molar-refractivity contribution is 0.109. The van der Waals surface area contributed by atoms with Gasteiger partial charge in [-0.1, -0.05) is 42.9 Å². The summed E-state index contributed by atoms with van der Waals surface area (Å²) >= 11 is 3.40. The van der Waals surface area contributed by atoms with Crippen molar-refractivity contribution in [1.29, 1.82) is 0 Å². The average Bonchev–Trinajstić information content (AvgIpc) is 1.81. The average molecular weight is 269 g/mol. The third-order valence-corrected chi connectivity index (χ3v) is 9.82. The van der Waals surface area contributed by atoms with Gasteiger partial charge in [0, 0.05) is 24.0 Å². The number of alkyl halides is 1. The molecule has 0 aliphatic rings. The van der Waals surface area contributed by atoms with E-state index in [1.165, 1.54) is 0 Å². The summed E-state index contributed by atoms with van der Waals surface area (Å²) in [6, 6.07) is 0. The molecular weight excluding hydrogens is 248 g/mol. The number of ether oxygens (including phenoxy) is 1. The lowest BCUT2D eigenvalue weighted by Gasteiger charge is -2.26. The predicted octanol–water partition coefficient (Wildman–Crippen LogP) is 2.09. The van der Waals surface area contributed by atoms with Crippen molar-refractivity contribution in [2.45, 2.75) is 43.9 Å². The number of hydrogen-bond acceptors (Lipinski definition) is 1. The molecule has 0 radical (unpaired) electrons. The van der Waals surface area contributed by atoms with Gasteiger partial charge in [0.1, 0.15) is 5.01 Å². The second-order valence-corrected chi connectivity index (χ2v) is 17.1. The summed E-state index contributed by atoms with van der Waals surface area (Å²) in [5.74, 6) is 0. The Hall–Kier alpha value is 0.874. The monoisotopic (exact) mass is 268 g/mol. The van der Waals surface area contributed by atoms with E-state index in [9.17, 15) is 0 Å². The molecule has 0 aliphatic heterocycles. The zero-order valence-corrected chi connectivity index (χ0v) is 13.0. The minimum Gasteiger partial charge on any atom is -0.367 e. The first kappa shape index (κ1) is 12.9. The Morgan fingerprint density at radius 1 is 1.50 bits per heavy atom. The van der Waals surface area contributed by atoms with Crippen LogP contribution >= 0.6 is 15.9 Å². The molecule has 0 amide bonds. The number of rotatable bonds is 5. The van der Waals surface area contributed by atoms with Crippen LogP contribution in [0.5, 0.6) is 0 Å². The van der Waals surface area contributed by atoms with Gasteiger partial charge in [0.25, 0.3) is 0 Å². The Bertz CT molecular complexity index is 126. The molecule has 0 heterocycles. The third kappa shape index (κ3) is 7.52. The van der Waals surface area contributed by atoms with Gasteiger partial charge in [-0.05, 0) is 12.0 Å². The summed E-state index contributed by atoms with van der Waals surface area (Å²) in [5.41, 5.74) is 0. The fraction of sp³-hybridized carbons (Fsp3) is 1.00. The van der Waals surface area contributed by atoms with Gasteiger partial charge in [-0.15, -0.1) is 0 Å². The van der Waals surface area contributed by atoms with Gasteiger partial charge < -0.3 is 4.74 Å². The molecule has 0 aliphatic carbocycles.